The maximum atomic E-state index is 12.1. The number of fused-ring (bicyclic) bond motifs is 1. The predicted molar refractivity (Wildman–Crippen MR) is 76.5 cm³/mol. The molecule has 2 aliphatic rings. The van der Waals surface area contributed by atoms with Gasteiger partial charge in [0.2, 0.25) is 5.91 Å². The summed E-state index contributed by atoms with van der Waals surface area (Å²) in [7, 11) is 0. The summed E-state index contributed by atoms with van der Waals surface area (Å²) in [6.07, 6.45) is -0.853. The first-order valence-electron chi connectivity index (χ1n) is 6.59. The van der Waals surface area contributed by atoms with Crippen LogP contribution in [-0.4, -0.2) is 33.4 Å². The number of hydrogen-bond donors (Lipinski definition) is 1. The van der Waals surface area contributed by atoms with Crippen molar-refractivity contribution in [2.24, 2.45) is 5.92 Å². The molecular formula is C15H11KN2O4S. The molecule has 0 aliphatic carbocycles. The second kappa shape index (κ2) is 7.07. The van der Waals surface area contributed by atoms with Gasteiger partial charge in [0.25, 0.3) is 0 Å². The summed E-state index contributed by atoms with van der Waals surface area (Å²) >= 11 is 1.20. The van der Waals surface area contributed by atoms with Crippen LogP contribution in [0.3, 0.4) is 0 Å². The third-order valence-corrected chi connectivity index (χ3v) is 5.16. The van der Waals surface area contributed by atoms with Gasteiger partial charge in [0.05, 0.1) is 35.3 Å². The maximum absolute atomic E-state index is 12.1. The van der Waals surface area contributed by atoms with Crippen molar-refractivity contribution < 1.29 is 71.2 Å². The Balaban J connectivity index is 0.00000192. The number of carbonyl (C=O) groups is 2. The first-order valence-corrected chi connectivity index (χ1v) is 7.47. The van der Waals surface area contributed by atoms with Crippen molar-refractivity contribution in [2.75, 3.05) is 0 Å². The number of aliphatic hydroxyl groups excluding tert-OH is 1. The number of hydrogen-bond acceptors (Lipinski definition) is 6. The Kier molecular flexibility index (Phi) is 5.74. The number of carbonyl (C=O) groups excluding carboxylic acids is 2. The van der Waals surface area contributed by atoms with E-state index in [4.69, 9.17) is 5.26 Å². The van der Waals surface area contributed by atoms with Crippen molar-refractivity contribution >= 4 is 28.5 Å². The fraction of sp³-hybridized carbons (Fsp3) is 0.267. The molecule has 23 heavy (non-hydrogen) atoms. The van der Waals surface area contributed by atoms with Crippen LogP contribution in [0.1, 0.15) is 18.1 Å². The van der Waals surface area contributed by atoms with Gasteiger partial charge in [-0.15, -0.1) is 0 Å². The maximum Gasteiger partial charge on any atom is 1.00 e. The van der Waals surface area contributed by atoms with Gasteiger partial charge in [-0.25, -0.2) is 0 Å². The van der Waals surface area contributed by atoms with Crippen LogP contribution in [0.25, 0.3) is 4.91 Å². The molecule has 0 aromatic heterocycles. The number of β-lactam (4-membered cyclic amide) rings is 1. The van der Waals surface area contributed by atoms with Crippen molar-refractivity contribution in [1.29, 1.82) is 5.26 Å². The fourth-order valence-corrected chi connectivity index (χ4v) is 4.31. The number of nitriles is 1. The number of carboxylic acids is 1. The van der Waals surface area contributed by atoms with Gasteiger partial charge < -0.3 is 15.0 Å². The quantitative estimate of drug-likeness (QED) is 0.455. The minimum absolute atomic E-state index is 0. The van der Waals surface area contributed by atoms with Crippen molar-refractivity contribution in [3.8, 4) is 6.07 Å². The van der Waals surface area contributed by atoms with Gasteiger partial charge in [-0.1, -0.05) is 23.9 Å². The molecule has 8 heteroatoms. The molecule has 0 spiro atoms. The van der Waals surface area contributed by atoms with Gasteiger partial charge >= 0.3 is 51.4 Å². The zero-order valence-electron chi connectivity index (χ0n) is 12.5. The third kappa shape index (κ3) is 3.03. The summed E-state index contributed by atoms with van der Waals surface area (Å²) in [6, 6.07) is 8.50. The van der Waals surface area contributed by atoms with Gasteiger partial charge in [0.15, 0.2) is 0 Å². The van der Waals surface area contributed by atoms with Gasteiger partial charge in [0.1, 0.15) is 5.37 Å². The molecule has 2 aliphatic heterocycles. The van der Waals surface area contributed by atoms with Crippen LogP contribution in [0.2, 0.25) is 0 Å². The Hall–Kier alpha value is -0.664. The topological polar surface area (TPSA) is 104 Å². The second-order valence-electron chi connectivity index (χ2n) is 5.14. The van der Waals surface area contributed by atoms with Crippen LogP contribution >= 0.6 is 11.8 Å². The van der Waals surface area contributed by atoms with E-state index < -0.39 is 29.3 Å². The van der Waals surface area contributed by atoms with Crippen LogP contribution in [0.4, 0.5) is 0 Å². The van der Waals surface area contributed by atoms with Gasteiger partial charge in [-0.3, -0.25) is 9.69 Å². The summed E-state index contributed by atoms with van der Waals surface area (Å²) in [6.45, 7) is 1.51. The number of carboxylic acid groups (broad SMARTS) is 1. The molecule has 6 nitrogen and oxygen atoms in total. The Morgan fingerprint density at radius 3 is 2.78 bits per heavy atom. The first kappa shape index (κ1) is 18.7. The van der Waals surface area contributed by atoms with Crippen molar-refractivity contribution in [2.45, 2.75) is 18.4 Å². The van der Waals surface area contributed by atoms with E-state index in [9.17, 15) is 19.8 Å². The molecule has 0 unspecified atom stereocenters. The minimum atomic E-state index is -1.44. The molecule has 1 aromatic carbocycles. The molecule has 0 radical (unpaired) electrons. The van der Waals surface area contributed by atoms with Crippen LogP contribution in [0.15, 0.2) is 30.0 Å². The number of amides is 1. The predicted octanol–water partition coefficient (Wildman–Crippen LogP) is -3.11. The first-order chi connectivity index (χ1) is 10.5. The zero-order valence-corrected chi connectivity index (χ0v) is 16.5. The van der Waals surface area contributed by atoms with E-state index in [-0.39, 0.29) is 57.1 Å². The average molecular weight is 354 g/mol. The van der Waals surface area contributed by atoms with Crippen molar-refractivity contribution in [3.63, 3.8) is 0 Å². The fourth-order valence-electron chi connectivity index (χ4n) is 2.71. The van der Waals surface area contributed by atoms with Crippen LogP contribution in [-0.2, 0) is 9.59 Å². The Morgan fingerprint density at radius 1 is 1.52 bits per heavy atom. The molecular weight excluding hydrogens is 343 g/mol. The molecule has 0 saturated carbocycles. The Bertz CT molecular complexity index is 756. The zero-order chi connectivity index (χ0) is 16.0. The molecule has 3 atom stereocenters. The summed E-state index contributed by atoms with van der Waals surface area (Å²) < 4.78 is 0. The van der Waals surface area contributed by atoms with E-state index >= 15 is 0 Å². The minimum Gasteiger partial charge on any atom is -0.543 e. The SMILES string of the molecule is C[C@@H](O)[C@H]1C(=O)N2C(C(=O)[O-])=C(c3cccc(C#N)c3)S[C@H]12.[K+]. The van der Waals surface area contributed by atoms with Crippen LogP contribution < -0.4 is 56.5 Å². The molecule has 3 rings (SSSR count). The number of benzene rings is 1. The van der Waals surface area contributed by atoms with E-state index in [1.807, 2.05) is 6.07 Å². The van der Waals surface area contributed by atoms with E-state index in [0.717, 1.165) is 4.90 Å². The smallest absolute Gasteiger partial charge is 0.543 e. The van der Waals surface area contributed by atoms with E-state index in [1.54, 1.807) is 24.3 Å². The largest absolute Gasteiger partial charge is 1.00 e. The summed E-state index contributed by atoms with van der Waals surface area (Å²) in [5, 5.41) is 29.6. The van der Waals surface area contributed by atoms with Gasteiger partial charge in [-0.05, 0) is 24.6 Å². The summed E-state index contributed by atoms with van der Waals surface area (Å²) in [4.78, 5) is 25.1. The number of nitrogens with zero attached hydrogens (tertiary/aromatic N) is 2. The van der Waals surface area contributed by atoms with Crippen molar-refractivity contribution in [3.05, 3.63) is 41.1 Å². The molecule has 2 heterocycles. The van der Waals surface area contributed by atoms with E-state index in [2.05, 4.69) is 0 Å². The van der Waals surface area contributed by atoms with Crippen molar-refractivity contribution in [1.82, 2.24) is 4.90 Å². The van der Waals surface area contributed by atoms with Crippen LogP contribution in [0.5, 0.6) is 0 Å². The molecule has 1 N–H and O–H groups in total. The van der Waals surface area contributed by atoms with E-state index in [1.165, 1.54) is 18.7 Å². The normalized spacial score (nSPS) is 23.5. The molecule has 1 amide bonds. The number of aliphatic hydroxyl groups is 1. The standard InChI is InChI=1S/C15H12N2O4S.K/c1-7(18)10-13(19)17-11(15(20)21)12(22-14(10)17)9-4-2-3-8(5-9)6-16;/h2-5,7,10,14,18H,1H3,(H,20,21);/q;+1/p-1/t7-,10+,14-;/m1./s1. The van der Waals surface area contributed by atoms with E-state index in [0.29, 0.717) is 16.0 Å². The van der Waals surface area contributed by atoms with Crippen LogP contribution in [0, 0.1) is 17.2 Å². The van der Waals surface area contributed by atoms with Gasteiger partial charge in [-0.2, -0.15) is 5.26 Å². The monoisotopic (exact) mass is 354 g/mol. The molecule has 1 fully saturated rings. The molecule has 1 saturated heterocycles. The van der Waals surface area contributed by atoms with Gasteiger partial charge in [0, 0.05) is 4.91 Å². The summed E-state index contributed by atoms with van der Waals surface area (Å²) in [5.74, 6) is -2.49. The molecule has 0 bridgehead atoms. The molecule has 1 aromatic rings. The molecule has 112 valence electrons. The summed E-state index contributed by atoms with van der Waals surface area (Å²) in [5.41, 5.74) is 0.762. The number of thioether (sulfide) groups is 1. The third-order valence-electron chi connectivity index (χ3n) is 3.75. The second-order valence-corrected chi connectivity index (χ2v) is 6.27. The average Bonchev–Trinajstić information content (AvgIpc) is 2.82. The number of rotatable bonds is 3. The number of aliphatic carboxylic acids is 1. The Labute approximate surface area is 179 Å². The Morgan fingerprint density at radius 2 is 2.22 bits per heavy atom.